The van der Waals surface area contributed by atoms with Crippen molar-refractivity contribution in [1.29, 1.82) is 0 Å². The van der Waals surface area contributed by atoms with E-state index in [2.05, 4.69) is 16.6 Å². The highest BCUT2D eigenvalue weighted by Gasteiger charge is 2.62. The molecule has 2 aliphatic heterocycles. The van der Waals surface area contributed by atoms with Crippen molar-refractivity contribution in [2.75, 3.05) is 18.5 Å². The van der Waals surface area contributed by atoms with Crippen molar-refractivity contribution in [3.05, 3.63) is 92.7 Å². The fourth-order valence-corrected chi connectivity index (χ4v) is 5.85. The molecule has 6 nitrogen and oxygen atoms in total. The van der Waals surface area contributed by atoms with Gasteiger partial charge in [0.05, 0.1) is 23.8 Å². The van der Waals surface area contributed by atoms with E-state index in [4.69, 9.17) is 34.4 Å². The predicted octanol–water partition coefficient (Wildman–Crippen LogP) is 4.72. The summed E-state index contributed by atoms with van der Waals surface area (Å²) < 4.78 is 21.7. The molecule has 3 N–H and O–H groups in total. The summed E-state index contributed by atoms with van der Waals surface area (Å²) in [5, 5.41) is 15.9. The Kier molecular flexibility index (Phi) is 6.59. The van der Waals surface area contributed by atoms with E-state index in [1.54, 1.807) is 42.5 Å². The monoisotopic (exact) mass is 538 g/mol. The minimum absolute atomic E-state index is 0.0529. The van der Waals surface area contributed by atoms with Crippen molar-refractivity contribution in [2.24, 2.45) is 0 Å². The lowest BCUT2D eigenvalue weighted by atomic mass is 9.59. The zero-order valence-electron chi connectivity index (χ0n) is 19.4. The molecule has 9 heteroatoms. The number of carbonyl (C=O) groups excluding carboxylic acids is 2. The first-order valence-electron chi connectivity index (χ1n) is 11.5. The van der Waals surface area contributed by atoms with Crippen LogP contribution in [-0.4, -0.2) is 30.1 Å². The van der Waals surface area contributed by atoms with Gasteiger partial charge in [0.1, 0.15) is 23.6 Å². The number of benzene rings is 3. The summed E-state index contributed by atoms with van der Waals surface area (Å²) in [6.07, 6.45) is 5.50. The number of nitrogens with one attached hydrogen (secondary N) is 2. The molecule has 0 unspecified atom stereocenters. The number of ether oxygens (including phenoxy) is 1. The van der Waals surface area contributed by atoms with Crippen LogP contribution in [0.2, 0.25) is 10.0 Å². The number of aliphatic hydroxyl groups is 1. The van der Waals surface area contributed by atoms with Crippen LogP contribution in [0.3, 0.4) is 0 Å². The smallest absolute Gasteiger partial charge is 0.238 e. The lowest BCUT2D eigenvalue weighted by Gasteiger charge is -2.46. The van der Waals surface area contributed by atoms with Crippen molar-refractivity contribution in [3.63, 3.8) is 0 Å². The zero-order valence-corrected chi connectivity index (χ0v) is 20.9. The maximum Gasteiger partial charge on any atom is 0.238 e. The maximum atomic E-state index is 16.1. The second-order valence-corrected chi connectivity index (χ2v) is 9.75. The van der Waals surface area contributed by atoms with Gasteiger partial charge < -0.3 is 20.5 Å². The van der Waals surface area contributed by atoms with E-state index in [-0.39, 0.29) is 36.5 Å². The van der Waals surface area contributed by atoms with Gasteiger partial charge in [-0.25, -0.2) is 4.39 Å². The molecule has 2 aliphatic rings. The molecule has 3 atom stereocenters. The Balaban J connectivity index is 1.85. The van der Waals surface area contributed by atoms with Crippen LogP contribution >= 0.6 is 23.2 Å². The number of halogens is 3. The van der Waals surface area contributed by atoms with Crippen LogP contribution in [0.25, 0.3) is 0 Å². The number of rotatable bonds is 5. The van der Waals surface area contributed by atoms with Gasteiger partial charge in [-0.05, 0) is 47.5 Å². The van der Waals surface area contributed by atoms with Crippen molar-refractivity contribution in [3.8, 4) is 18.1 Å². The number of aliphatic hydroxyl groups excluding tert-OH is 1. The Labute approximate surface area is 222 Å². The molecular formula is C28H21Cl2FN2O4. The third-order valence-electron chi connectivity index (χ3n) is 6.93. The van der Waals surface area contributed by atoms with Gasteiger partial charge in [-0.1, -0.05) is 47.3 Å². The van der Waals surface area contributed by atoms with Gasteiger partial charge in [0.15, 0.2) is 0 Å². The maximum absolute atomic E-state index is 16.1. The van der Waals surface area contributed by atoms with Crippen LogP contribution in [0.1, 0.15) is 40.6 Å². The summed E-state index contributed by atoms with van der Waals surface area (Å²) in [7, 11) is 0. The van der Waals surface area contributed by atoms with Crippen molar-refractivity contribution < 1.29 is 23.8 Å². The highest BCUT2D eigenvalue weighted by molar-refractivity contribution is 6.31. The molecule has 0 aliphatic carbocycles. The average molecular weight is 539 g/mol. The number of fused-ring (bicyclic) bond motifs is 2. The van der Waals surface area contributed by atoms with Crippen LogP contribution in [0, 0.1) is 18.2 Å². The summed E-state index contributed by atoms with van der Waals surface area (Å²) in [5.74, 6) is -0.00967. The van der Waals surface area contributed by atoms with Crippen molar-refractivity contribution >= 4 is 40.7 Å². The lowest BCUT2D eigenvalue weighted by molar-refractivity contribution is -0.131. The molecule has 188 valence electrons. The van der Waals surface area contributed by atoms with Gasteiger partial charge >= 0.3 is 0 Å². The minimum Gasteiger partial charge on any atom is -0.491 e. The molecule has 0 saturated carbocycles. The van der Waals surface area contributed by atoms with E-state index < -0.39 is 35.0 Å². The normalized spacial score (nSPS) is 22.2. The Bertz CT molecular complexity index is 1470. The first kappa shape index (κ1) is 25.1. The number of terminal acetylenes is 1. The van der Waals surface area contributed by atoms with Crippen LogP contribution in [-0.2, 0) is 15.0 Å². The Morgan fingerprint density at radius 2 is 1.92 bits per heavy atom. The molecule has 3 aromatic carbocycles. The van der Waals surface area contributed by atoms with Crippen molar-refractivity contribution in [1.82, 2.24) is 5.32 Å². The van der Waals surface area contributed by atoms with Crippen molar-refractivity contribution in [2.45, 2.75) is 23.8 Å². The Morgan fingerprint density at radius 1 is 1.14 bits per heavy atom. The van der Waals surface area contributed by atoms with E-state index in [1.807, 2.05) is 0 Å². The summed E-state index contributed by atoms with van der Waals surface area (Å²) in [6, 6.07) is 13.5. The van der Waals surface area contributed by atoms with Gasteiger partial charge in [0, 0.05) is 28.1 Å². The number of piperidine rings is 1. The Hall–Kier alpha value is -3.57. The molecule has 0 bridgehead atoms. The minimum atomic E-state index is -1.51. The van der Waals surface area contributed by atoms with E-state index in [0.717, 1.165) is 0 Å². The molecule has 3 aromatic rings. The number of hydrogen-bond donors (Lipinski definition) is 3. The largest absolute Gasteiger partial charge is 0.491 e. The van der Waals surface area contributed by atoms with E-state index >= 15 is 4.39 Å². The fourth-order valence-electron chi connectivity index (χ4n) is 5.48. The molecule has 0 radical (unpaired) electrons. The average Bonchev–Trinajstić information content (AvgIpc) is 3.15. The second kappa shape index (κ2) is 9.71. The lowest BCUT2D eigenvalue weighted by Crippen LogP contribution is -2.57. The number of carbonyl (C=O) groups is 2. The first-order chi connectivity index (χ1) is 17.8. The second-order valence-electron chi connectivity index (χ2n) is 8.88. The third kappa shape index (κ3) is 4.02. The molecule has 37 heavy (non-hydrogen) atoms. The highest BCUT2D eigenvalue weighted by atomic mass is 35.5. The highest BCUT2D eigenvalue weighted by Crippen LogP contribution is 2.59. The Morgan fingerprint density at radius 3 is 2.65 bits per heavy atom. The van der Waals surface area contributed by atoms with E-state index in [0.29, 0.717) is 26.9 Å². The van der Waals surface area contributed by atoms with Crippen LogP contribution < -0.4 is 15.4 Å². The fraction of sp³-hybridized carbons (Fsp3) is 0.214. The zero-order chi connectivity index (χ0) is 26.3. The SMILES string of the molecule is C#Cc1ccc(OCCO)c([C@@H]2NC(=O)C[C@H](c3cccc(Cl)c3)[C@@]23C(=O)Nc2cc(Cl)ccc23)c1F. The number of hydrogen-bond acceptors (Lipinski definition) is 4. The molecule has 1 spiro atoms. The summed E-state index contributed by atoms with van der Waals surface area (Å²) in [5.41, 5.74) is -0.0226. The molecule has 1 fully saturated rings. The molecule has 0 aromatic heterocycles. The molecule has 5 rings (SSSR count). The topological polar surface area (TPSA) is 87.7 Å². The number of amides is 2. The molecular weight excluding hydrogens is 518 g/mol. The quantitative estimate of drug-likeness (QED) is 0.410. The summed E-state index contributed by atoms with van der Waals surface area (Å²) >= 11 is 12.5. The summed E-state index contributed by atoms with van der Waals surface area (Å²) in [6.45, 7) is -0.460. The van der Waals surface area contributed by atoms with E-state index in [1.165, 1.54) is 12.1 Å². The van der Waals surface area contributed by atoms with Gasteiger partial charge in [-0.3, -0.25) is 9.59 Å². The van der Waals surface area contributed by atoms with E-state index in [9.17, 15) is 14.7 Å². The number of anilines is 1. The third-order valence-corrected chi connectivity index (χ3v) is 7.41. The van der Waals surface area contributed by atoms with Crippen LogP contribution in [0.4, 0.5) is 10.1 Å². The van der Waals surface area contributed by atoms with Gasteiger partial charge in [0.25, 0.3) is 0 Å². The van der Waals surface area contributed by atoms with Gasteiger partial charge in [-0.15, -0.1) is 6.42 Å². The standard InChI is InChI=1S/C28H21Cl2FN2O4/c1-2-15-6-9-22(37-11-10-34)24(25(15)31)26-28(19-8-7-18(30)13-21(19)32-27(28)36)20(14-23(35)33-26)16-4-3-5-17(29)12-16/h1,3-9,12-13,20,26,34H,10-11,14H2,(H,32,36)(H,33,35)/t20-,26+,28-/m1/s1. The predicted molar refractivity (Wildman–Crippen MR) is 138 cm³/mol. The van der Waals surface area contributed by atoms with Crippen LogP contribution in [0.15, 0.2) is 54.6 Å². The molecule has 2 amide bonds. The first-order valence-corrected chi connectivity index (χ1v) is 12.3. The van der Waals surface area contributed by atoms with Crippen LogP contribution in [0.5, 0.6) is 5.75 Å². The van der Waals surface area contributed by atoms with Gasteiger partial charge in [-0.2, -0.15) is 0 Å². The molecule has 2 heterocycles. The van der Waals surface area contributed by atoms with Gasteiger partial charge in [0.2, 0.25) is 11.8 Å². The molecule has 1 saturated heterocycles. The summed E-state index contributed by atoms with van der Waals surface area (Å²) in [4.78, 5) is 27.3.